The summed E-state index contributed by atoms with van der Waals surface area (Å²) in [6.45, 7) is 4.68. The molecule has 1 nitrogen and oxygen atoms in total. The van der Waals surface area contributed by atoms with Crippen LogP contribution in [0.5, 0.6) is 0 Å². The van der Waals surface area contributed by atoms with Crippen molar-refractivity contribution >= 4 is 21.6 Å². The lowest BCUT2D eigenvalue weighted by molar-refractivity contribution is 0.313. The summed E-state index contributed by atoms with van der Waals surface area (Å²) in [7, 11) is 0. The highest BCUT2D eigenvalue weighted by Gasteiger charge is 2.24. The van der Waals surface area contributed by atoms with Crippen LogP contribution in [0.2, 0.25) is 0 Å². The average Bonchev–Trinajstić information content (AvgIpc) is 2.46. The molecule has 0 heterocycles. The van der Waals surface area contributed by atoms with Crippen LogP contribution in [0.3, 0.4) is 0 Å². The van der Waals surface area contributed by atoms with Crippen LogP contribution in [0.15, 0.2) is 22.7 Å². The number of hydrogen-bond donors (Lipinski definition) is 1. The lowest BCUT2D eigenvalue weighted by atomic mass is 9.85. The van der Waals surface area contributed by atoms with Gasteiger partial charge in [-0.3, -0.25) is 0 Å². The van der Waals surface area contributed by atoms with Gasteiger partial charge in [0, 0.05) is 11.7 Å². The second kappa shape index (κ2) is 5.60. The molecular weight excluding hydrogens is 293 g/mol. The molecule has 2 rings (SSSR count). The fraction of sp³-hybridized carbons (Fsp3) is 0.600. The average molecular weight is 314 g/mol. The maximum Gasteiger partial charge on any atom is 0.139 e. The zero-order valence-corrected chi connectivity index (χ0v) is 12.7. The van der Waals surface area contributed by atoms with Crippen LogP contribution in [0.25, 0.3) is 0 Å². The predicted molar refractivity (Wildman–Crippen MR) is 78.4 cm³/mol. The van der Waals surface area contributed by atoms with Gasteiger partial charge in [0.25, 0.3) is 0 Å². The van der Waals surface area contributed by atoms with Crippen molar-refractivity contribution in [3.63, 3.8) is 0 Å². The Morgan fingerprint density at radius 1 is 1.28 bits per heavy atom. The molecular formula is C15H21BrFN. The van der Waals surface area contributed by atoms with Crippen LogP contribution in [0, 0.1) is 11.2 Å². The van der Waals surface area contributed by atoms with E-state index in [1.807, 2.05) is 6.07 Å². The molecule has 1 aromatic rings. The molecule has 1 N–H and O–H groups in total. The number of nitrogens with one attached hydrogen (secondary N) is 1. The summed E-state index contributed by atoms with van der Waals surface area (Å²) in [5.74, 6) is -0.200. The van der Waals surface area contributed by atoms with Gasteiger partial charge >= 0.3 is 0 Å². The van der Waals surface area contributed by atoms with Gasteiger partial charge in [-0.15, -0.1) is 0 Å². The van der Waals surface area contributed by atoms with Crippen molar-refractivity contribution in [3.05, 3.63) is 28.5 Å². The molecule has 0 saturated heterocycles. The summed E-state index contributed by atoms with van der Waals surface area (Å²) in [6, 6.07) is 5.74. The van der Waals surface area contributed by atoms with E-state index in [0.717, 1.165) is 5.69 Å². The van der Waals surface area contributed by atoms with E-state index in [4.69, 9.17) is 0 Å². The lowest BCUT2D eigenvalue weighted by Gasteiger charge is -2.22. The Morgan fingerprint density at radius 2 is 2.06 bits per heavy atom. The van der Waals surface area contributed by atoms with E-state index in [1.165, 1.54) is 32.1 Å². The summed E-state index contributed by atoms with van der Waals surface area (Å²) >= 11 is 3.18. The molecule has 1 aliphatic carbocycles. The number of hydrogen-bond acceptors (Lipinski definition) is 1. The summed E-state index contributed by atoms with van der Waals surface area (Å²) in [4.78, 5) is 0. The van der Waals surface area contributed by atoms with E-state index in [-0.39, 0.29) is 5.82 Å². The fourth-order valence-electron chi connectivity index (χ4n) is 2.63. The van der Waals surface area contributed by atoms with E-state index in [2.05, 4.69) is 35.1 Å². The molecule has 0 radical (unpaired) electrons. The second-order valence-electron chi connectivity index (χ2n) is 6.07. The summed E-state index contributed by atoms with van der Waals surface area (Å²) in [5, 5.41) is 3.47. The quantitative estimate of drug-likeness (QED) is 0.725. The standard InChI is InChI=1S/C15H21BrFN/c1-15(2)8-3-4-11(7-9-15)18-12-5-6-13(16)14(17)10-12/h5-6,10-11,18H,3-4,7-9H2,1-2H3. The van der Waals surface area contributed by atoms with Gasteiger partial charge < -0.3 is 5.32 Å². The van der Waals surface area contributed by atoms with Crippen LogP contribution < -0.4 is 5.32 Å². The van der Waals surface area contributed by atoms with E-state index in [9.17, 15) is 4.39 Å². The van der Waals surface area contributed by atoms with Crippen molar-refractivity contribution in [2.45, 2.75) is 52.0 Å². The Hall–Kier alpha value is -0.570. The van der Waals surface area contributed by atoms with Crippen LogP contribution in [0.4, 0.5) is 10.1 Å². The smallest absolute Gasteiger partial charge is 0.139 e. The van der Waals surface area contributed by atoms with E-state index in [1.54, 1.807) is 12.1 Å². The topological polar surface area (TPSA) is 12.0 Å². The molecule has 0 amide bonds. The first-order valence-electron chi connectivity index (χ1n) is 6.68. The summed E-state index contributed by atoms with van der Waals surface area (Å²) in [6.07, 6.45) is 6.14. The highest BCUT2D eigenvalue weighted by Crippen LogP contribution is 2.34. The third-order valence-corrected chi connectivity index (χ3v) is 4.51. The Morgan fingerprint density at radius 3 is 2.78 bits per heavy atom. The summed E-state index contributed by atoms with van der Waals surface area (Å²) in [5.41, 5.74) is 1.35. The molecule has 0 bridgehead atoms. The van der Waals surface area contributed by atoms with E-state index >= 15 is 0 Å². The minimum Gasteiger partial charge on any atom is -0.382 e. The van der Waals surface area contributed by atoms with Gasteiger partial charge in [0.15, 0.2) is 0 Å². The van der Waals surface area contributed by atoms with Crippen molar-refractivity contribution in [1.29, 1.82) is 0 Å². The maximum absolute atomic E-state index is 13.4. The fourth-order valence-corrected chi connectivity index (χ4v) is 2.87. The normalized spacial score (nSPS) is 23.4. The van der Waals surface area contributed by atoms with E-state index < -0.39 is 0 Å². The van der Waals surface area contributed by atoms with Crippen LogP contribution in [0.1, 0.15) is 46.0 Å². The Bertz CT molecular complexity index is 417. The van der Waals surface area contributed by atoms with Gasteiger partial charge in [0.1, 0.15) is 5.82 Å². The number of benzene rings is 1. The first-order valence-corrected chi connectivity index (χ1v) is 7.47. The number of anilines is 1. The molecule has 1 atom stereocenters. The zero-order valence-electron chi connectivity index (χ0n) is 11.1. The predicted octanol–water partition coefficient (Wildman–Crippen LogP) is 5.36. The Kier molecular flexibility index (Phi) is 4.31. The van der Waals surface area contributed by atoms with Gasteiger partial charge in [-0.25, -0.2) is 4.39 Å². The second-order valence-corrected chi connectivity index (χ2v) is 6.92. The molecule has 1 aliphatic rings. The van der Waals surface area contributed by atoms with Crippen molar-refractivity contribution in [1.82, 2.24) is 0 Å². The van der Waals surface area contributed by atoms with Crippen molar-refractivity contribution in [3.8, 4) is 0 Å². The third-order valence-electron chi connectivity index (χ3n) is 3.87. The molecule has 1 saturated carbocycles. The molecule has 0 spiro atoms. The highest BCUT2D eigenvalue weighted by molar-refractivity contribution is 9.10. The zero-order chi connectivity index (χ0) is 13.2. The molecule has 0 aliphatic heterocycles. The molecule has 18 heavy (non-hydrogen) atoms. The van der Waals surface area contributed by atoms with Gasteiger partial charge in [-0.1, -0.05) is 20.3 Å². The minimum absolute atomic E-state index is 0.200. The molecule has 3 heteroatoms. The third kappa shape index (κ3) is 3.71. The van der Waals surface area contributed by atoms with Crippen LogP contribution >= 0.6 is 15.9 Å². The molecule has 0 aromatic heterocycles. The minimum atomic E-state index is -0.200. The van der Waals surface area contributed by atoms with Gasteiger partial charge in [0.05, 0.1) is 4.47 Å². The highest BCUT2D eigenvalue weighted by atomic mass is 79.9. The largest absolute Gasteiger partial charge is 0.382 e. The van der Waals surface area contributed by atoms with Gasteiger partial charge in [-0.2, -0.15) is 0 Å². The van der Waals surface area contributed by atoms with Crippen molar-refractivity contribution < 1.29 is 4.39 Å². The molecule has 1 unspecified atom stereocenters. The molecule has 100 valence electrons. The van der Waals surface area contributed by atoms with Gasteiger partial charge in [-0.05, 0) is 65.2 Å². The lowest BCUT2D eigenvalue weighted by Crippen LogP contribution is -2.19. The van der Waals surface area contributed by atoms with Crippen molar-refractivity contribution in [2.75, 3.05) is 5.32 Å². The van der Waals surface area contributed by atoms with E-state index in [0.29, 0.717) is 15.9 Å². The number of rotatable bonds is 2. The molecule has 1 aromatic carbocycles. The van der Waals surface area contributed by atoms with Crippen molar-refractivity contribution in [2.24, 2.45) is 5.41 Å². The maximum atomic E-state index is 13.4. The first kappa shape index (κ1) is 13.9. The number of halogens is 2. The Balaban J connectivity index is 1.98. The molecule has 1 fully saturated rings. The SMILES string of the molecule is CC1(C)CCCC(Nc2ccc(Br)c(F)c2)CC1. The van der Waals surface area contributed by atoms with Crippen LogP contribution in [-0.2, 0) is 0 Å². The monoisotopic (exact) mass is 313 g/mol. The van der Waals surface area contributed by atoms with Gasteiger partial charge in [0.2, 0.25) is 0 Å². The first-order chi connectivity index (χ1) is 8.46. The van der Waals surface area contributed by atoms with Crippen LogP contribution in [-0.4, -0.2) is 6.04 Å². The summed E-state index contributed by atoms with van der Waals surface area (Å²) < 4.78 is 14.0. The Labute approximate surface area is 117 Å².